The normalized spacial score (nSPS) is 21.0. The van der Waals surface area contributed by atoms with Gasteiger partial charge in [0.25, 0.3) is 5.91 Å². The van der Waals surface area contributed by atoms with E-state index in [0.717, 1.165) is 19.3 Å². The summed E-state index contributed by atoms with van der Waals surface area (Å²) in [5.41, 5.74) is 0.0354. The number of nitrogens with one attached hydrogen (secondary N) is 1. The zero-order valence-electron chi connectivity index (χ0n) is 11.7. The molecule has 0 aliphatic heterocycles. The SMILES string of the molecule is COc1ccc(C(=O)NC2CCCC2CCl)cc1[N+](=O)[O-]. The number of hydrogen-bond donors (Lipinski definition) is 1. The topological polar surface area (TPSA) is 81.5 Å². The van der Waals surface area contributed by atoms with E-state index in [9.17, 15) is 14.9 Å². The molecule has 1 N–H and O–H groups in total. The van der Waals surface area contributed by atoms with Gasteiger partial charge in [0.2, 0.25) is 0 Å². The third-order valence-corrected chi connectivity index (χ3v) is 4.21. The van der Waals surface area contributed by atoms with Gasteiger partial charge >= 0.3 is 5.69 Å². The quantitative estimate of drug-likeness (QED) is 0.515. The van der Waals surface area contributed by atoms with Crippen LogP contribution in [0.3, 0.4) is 0 Å². The molecule has 1 amide bonds. The summed E-state index contributed by atoms with van der Waals surface area (Å²) in [6, 6.07) is 4.22. The summed E-state index contributed by atoms with van der Waals surface area (Å²) in [5.74, 6) is 0.593. The van der Waals surface area contributed by atoms with Gasteiger partial charge in [-0.1, -0.05) is 6.42 Å². The summed E-state index contributed by atoms with van der Waals surface area (Å²) < 4.78 is 4.92. The van der Waals surface area contributed by atoms with E-state index in [0.29, 0.717) is 5.88 Å². The average molecular weight is 313 g/mol. The number of methoxy groups -OCH3 is 1. The highest BCUT2D eigenvalue weighted by molar-refractivity contribution is 6.18. The number of nitro groups is 1. The molecule has 0 radical (unpaired) electrons. The zero-order valence-corrected chi connectivity index (χ0v) is 12.4. The summed E-state index contributed by atoms with van der Waals surface area (Å²) in [6.07, 6.45) is 2.92. The summed E-state index contributed by atoms with van der Waals surface area (Å²) in [4.78, 5) is 22.6. The highest BCUT2D eigenvalue weighted by atomic mass is 35.5. The van der Waals surface area contributed by atoms with Crippen LogP contribution in [0.2, 0.25) is 0 Å². The minimum Gasteiger partial charge on any atom is -0.490 e. The molecule has 0 spiro atoms. The van der Waals surface area contributed by atoms with Gasteiger partial charge in [-0.05, 0) is 30.9 Å². The fraction of sp³-hybridized carbons (Fsp3) is 0.500. The van der Waals surface area contributed by atoms with Crippen LogP contribution in [0.4, 0.5) is 5.69 Å². The summed E-state index contributed by atoms with van der Waals surface area (Å²) in [7, 11) is 1.35. The maximum Gasteiger partial charge on any atom is 0.311 e. The third-order valence-electron chi connectivity index (χ3n) is 3.81. The molecule has 7 heteroatoms. The highest BCUT2D eigenvalue weighted by Crippen LogP contribution is 2.29. The lowest BCUT2D eigenvalue weighted by molar-refractivity contribution is -0.385. The van der Waals surface area contributed by atoms with Gasteiger partial charge in [-0.3, -0.25) is 14.9 Å². The lowest BCUT2D eigenvalue weighted by Crippen LogP contribution is -2.37. The number of benzene rings is 1. The van der Waals surface area contributed by atoms with Crippen LogP contribution in [-0.2, 0) is 0 Å². The second kappa shape index (κ2) is 6.76. The lowest BCUT2D eigenvalue weighted by Gasteiger charge is -2.18. The van der Waals surface area contributed by atoms with Gasteiger partial charge in [0.05, 0.1) is 12.0 Å². The number of nitro benzene ring substituents is 1. The molecular weight excluding hydrogens is 296 g/mol. The molecule has 2 atom stereocenters. The molecule has 2 rings (SSSR count). The maximum absolute atomic E-state index is 12.2. The molecule has 2 unspecified atom stereocenters. The molecule has 0 saturated heterocycles. The van der Waals surface area contributed by atoms with Crippen molar-refractivity contribution in [3.63, 3.8) is 0 Å². The fourth-order valence-electron chi connectivity index (χ4n) is 2.64. The molecule has 0 bridgehead atoms. The third kappa shape index (κ3) is 3.44. The Morgan fingerprint density at radius 2 is 2.29 bits per heavy atom. The molecule has 114 valence electrons. The van der Waals surface area contributed by atoms with Crippen molar-refractivity contribution >= 4 is 23.2 Å². The monoisotopic (exact) mass is 312 g/mol. The molecule has 0 aromatic heterocycles. The minimum absolute atomic E-state index is 0.0381. The zero-order chi connectivity index (χ0) is 15.4. The first-order valence-corrected chi connectivity index (χ1v) is 7.29. The first-order valence-electron chi connectivity index (χ1n) is 6.76. The van der Waals surface area contributed by atoms with Gasteiger partial charge in [-0.25, -0.2) is 0 Å². The Balaban J connectivity index is 2.16. The molecule has 1 aromatic carbocycles. The number of halogens is 1. The molecular formula is C14H17ClN2O4. The van der Waals surface area contributed by atoms with Crippen molar-refractivity contribution in [1.29, 1.82) is 0 Å². The number of hydrogen-bond acceptors (Lipinski definition) is 4. The van der Waals surface area contributed by atoms with Crippen molar-refractivity contribution in [2.24, 2.45) is 5.92 Å². The predicted octanol–water partition coefficient (Wildman–Crippen LogP) is 2.74. The number of carbonyl (C=O) groups excluding carboxylic acids is 1. The van der Waals surface area contributed by atoms with Crippen molar-refractivity contribution in [2.45, 2.75) is 25.3 Å². The molecule has 0 heterocycles. The van der Waals surface area contributed by atoms with Gasteiger partial charge in [0.1, 0.15) is 0 Å². The maximum atomic E-state index is 12.2. The number of amides is 1. The van der Waals surface area contributed by atoms with Crippen molar-refractivity contribution in [3.05, 3.63) is 33.9 Å². The van der Waals surface area contributed by atoms with Crippen LogP contribution in [0.5, 0.6) is 5.75 Å². The van der Waals surface area contributed by atoms with E-state index in [1.54, 1.807) is 0 Å². The second-order valence-electron chi connectivity index (χ2n) is 5.07. The first kappa shape index (κ1) is 15.6. The van der Waals surface area contributed by atoms with Crippen molar-refractivity contribution in [3.8, 4) is 5.75 Å². The van der Waals surface area contributed by atoms with E-state index < -0.39 is 4.92 Å². The van der Waals surface area contributed by atoms with Gasteiger partial charge in [0, 0.05) is 23.6 Å². The number of ether oxygens (including phenoxy) is 1. The van der Waals surface area contributed by atoms with Gasteiger partial charge in [-0.2, -0.15) is 0 Å². The highest BCUT2D eigenvalue weighted by Gasteiger charge is 2.28. The first-order chi connectivity index (χ1) is 10.1. The fourth-order valence-corrected chi connectivity index (χ4v) is 3.01. The Bertz CT molecular complexity index is 550. The van der Waals surface area contributed by atoms with Crippen LogP contribution in [0.25, 0.3) is 0 Å². The van der Waals surface area contributed by atoms with Crippen LogP contribution in [0.15, 0.2) is 18.2 Å². The van der Waals surface area contributed by atoms with E-state index >= 15 is 0 Å². The van der Waals surface area contributed by atoms with Crippen molar-refractivity contribution < 1.29 is 14.5 Å². The lowest BCUT2D eigenvalue weighted by atomic mass is 10.1. The van der Waals surface area contributed by atoms with E-state index in [4.69, 9.17) is 16.3 Å². The van der Waals surface area contributed by atoms with Crippen LogP contribution in [0.1, 0.15) is 29.6 Å². The molecule has 1 aromatic rings. The molecule has 1 fully saturated rings. The Morgan fingerprint density at radius 1 is 1.52 bits per heavy atom. The Kier molecular flexibility index (Phi) is 5.01. The van der Waals surface area contributed by atoms with Gasteiger partial charge < -0.3 is 10.1 Å². The predicted molar refractivity (Wildman–Crippen MR) is 79.0 cm³/mol. The van der Waals surface area contributed by atoms with E-state index in [-0.39, 0.29) is 34.9 Å². The largest absolute Gasteiger partial charge is 0.490 e. The van der Waals surface area contributed by atoms with Crippen LogP contribution in [0, 0.1) is 16.0 Å². The second-order valence-corrected chi connectivity index (χ2v) is 5.38. The summed E-state index contributed by atoms with van der Waals surface area (Å²) in [6.45, 7) is 0. The molecule has 1 aliphatic carbocycles. The van der Waals surface area contributed by atoms with Crippen molar-refractivity contribution in [1.82, 2.24) is 5.32 Å². The van der Waals surface area contributed by atoms with E-state index in [2.05, 4.69) is 5.32 Å². The number of nitrogens with zero attached hydrogens (tertiary/aromatic N) is 1. The smallest absolute Gasteiger partial charge is 0.311 e. The van der Waals surface area contributed by atoms with Crippen LogP contribution < -0.4 is 10.1 Å². The Labute approximate surface area is 127 Å². The van der Waals surface area contributed by atoms with Gasteiger partial charge in [0.15, 0.2) is 5.75 Å². The average Bonchev–Trinajstić information content (AvgIpc) is 2.93. The molecule has 21 heavy (non-hydrogen) atoms. The van der Waals surface area contributed by atoms with E-state index in [1.807, 2.05) is 0 Å². The molecule has 6 nitrogen and oxygen atoms in total. The minimum atomic E-state index is -0.563. The van der Waals surface area contributed by atoms with E-state index in [1.165, 1.54) is 25.3 Å². The van der Waals surface area contributed by atoms with Crippen molar-refractivity contribution in [2.75, 3.05) is 13.0 Å². The number of rotatable bonds is 5. The standard InChI is InChI=1S/C14H17ClN2O4/c1-21-13-6-5-9(7-12(13)17(19)20)14(18)16-11-4-2-3-10(11)8-15/h5-7,10-11H,2-4,8H2,1H3,(H,16,18). The number of carbonyl (C=O) groups is 1. The Morgan fingerprint density at radius 3 is 2.90 bits per heavy atom. The van der Waals surface area contributed by atoms with Crippen LogP contribution in [-0.4, -0.2) is 29.9 Å². The Hall–Kier alpha value is -1.82. The van der Waals surface area contributed by atoms with Crippen LogP contribution >= 0.6 is 11.6 Å². The molecule has 1 saturated carbocycles. The summed E-state index contributed by atoms with van der Waals surface area (Å²) in [5, 5.41) is 13.9. The molecule has 1 aliphatic rings. The summed E-state index contributed by atoms with van der Waals surface area (Å²) >= 11 is 5.88. The van der Waals surface area contributed by atoms with Gasteiger partial charge in [-0.15, -0.1) is 11.6 Å². The number of alkyl halides is 1.